The number of aryl methyl sites for hydroxylation is 1. The largest absolute Gasteiger partial charge is 0.497 e. The molecule has 0 spiro atoms. The molecule has 0 aliphatic heterocycles. The number of anilines is 2. The van der Waals surface area contributed by atoms with Crippen LogP contribution in [0.5, 0.6) is 5.75 Å². The van der Waals surface area contributed by atoms with E-state index in [1.165, 1.54) is 19.1 Å². The summed E-state index contributed by atoms with van der Waals surface area (Å²) in [5.74, 6) is -1.27. The van der Waals surface area contributed by atoms with Crippen molar-refractivity contribution >= 4 is 40.6 Å². The Morgan fingerprint density at radius 3 is 2.37 bits per heavy atom. The van der Waals surface area contributed by atoms with Crippen molar-refractivity contribution in [2.45, 2.75) is 13.0 Å². The minimum absolute atomic E-state index is 0.00487. The second-order valence-corrected chi connectivity index (χ2v) is 8.33. The highest BCUT2D eigenvalue weighted by Gasteiger charge is 2.36. The van der Waals surface area contributed by atoms with Crippen LogP contribution in [0.15, 0.2) is 48.5 Å². The Kier molecular flexibility index (Phi) is 8.39. The van der Waals surface area contributed by atoms with Gasteiger partial charge in [-0.1, -0.05) is 30.3 Å². The smallest absolute Gasteiger partial charge is 0.273 e. The molecule has 0 saturated heterocycles. The van der Waals surface area contributed by atoms with Crippen LogP contribution < -0.4 is 26.4 Å². The number of hydrogen-bond acceptors (Lipinski definition) is 8. The second kappa shape index (κ2) is 11.4. The Labute approximate surface area is 207 Å². The molecule has 1 unspecified atom stereocenters. The fourth-order valence-electron chi connectivity index (χ4n) is 3.51. The molecule has 0 aliphatic rings. The topological polar surface area (TPSA) is 150 Å². The summed E-state index contributed by atoms with van der Waals surface area (Å²) in [7, 11) is 3.06. The second-order valence-electron chi connectivity index (χ2n) is 7.56. The number of amides is 3. The number of para-hydroxylation sites is 1. The van der Waals surface area contributed by atoms with Crippen molar-refractivity contribution < 1.29 is 23.9 Å². The predicted octanol–water partition coefficient (Wildman–Crippen LogP) is 2.29. The monoisotopic (exact) mass is 497 g/mol. The van der Waals surface area contributed by atoms with Gasteiger partial charge < -0.3 is 26.3 Å². The molecular weight excluding hydrogens is 470 g/mol. The molecular formula is C24H27N5O5S. The Morgan fingerprint density at radius 2 is 1.80 bits per heavy atom. The predicted molar refractivity (Wildman–Crippen MR) is 134 cm³/mol. The summed E-state index contributed by atoms with van der Waals surface area (Å²) < 4.78 is 14.3. The van der Waals surface area contributed by atoms with Crippen LogP contribution in [0.1, 0.15) is 37.3 Å². The van der Waals surface area contributed by atoms with Crippen molar-refractivity contribution in [3.63, 3.8) is 0 Å². The molecule has 2 aromatic carbocycles. The van der Waals surface area contributed by atoms with E-state index in [2.05, 4.69) is 9.69 Å². The fourth-order valence-corrected chi connectivity index (χ4v) is 4.26. The first-order valence-electron chi connectivity index (χ1n) is 10.6. The van der Waals surface area contributed by atoms with E-state index in [4.69, 9.17) is 20.9 Å². The molecule has 11 heteroatoms. The van der Waals surface area contributed by atoms with Gasteiger partial charge in [-0.15, -0.1) is 0 Å². The summed E-state index contributed by atoms with van der Waals surface area (Å²) in [5.41, 5.74) is 12.9. The summed E-state index contributed by atoms with van der Waals surface area (Å²) >= 11 is 0.755. The summed E-state index contributed by atoms with van der Waals surface area (Å²) in [4.78, 5) is 40.5. The molecule has 0 bridgehead atoms. The zero-order chi connectivity index (χ0) is 25.5. The van der Waals surface area contributed by atoms with Crippen molar-refractivity contribution in [1.29, 1.82) is 0 Å². The maximum atomic E-state index is 14.0. The highest BCUT2D eigenvalue weighted by molar-refractivity contribution is 7.09. The van der Waals surface area contributed by atoms with E-state index in [9.17, 15) is 14.4 Å². The third-order valence-electron chi connectivity index (χ3n) is 5.29. The normalized spacial score (nSPS) is 11.5. The summed E-state index contributed by atoms with van der Waals surface area (Å²) in [6.07, 6.45) is 0. The molecule has 0 saturated carbocycles. The number of methoxy groups -OCH3 is 2. The lowest BCUT2D eigenvalue weighted by molar-refractivity contribution is -0.122. The van der Waals surface area contributed by atoms with Gasteiger partial charge in [0.1, 0.15) is 16.7 Å². The molecule has 184 valence electrons. The van der Waals surface area contributed by atoms with E-state index in [-0.39, 0.29) is 22.8 Å². The highest BCUT2D eigenvalue weighted by atomic mass is 32.1. The quantitative estimate of drug-likeness (QED) is 0.364. The zero-order valence-corrected chi connectivity index (χ0v) is 20.4. The van der Waals surface area contributed by atoms with E-state index < -0.39 is 23.8 Å². The van der Waals surface area contributed by atoms with Crippen LogP contribution in [0.4, 0.5) is 11.4 Å². The number of hydrogen-bond donors (Lipinski definition) is 3. The van der Waals surface area contributed by atoms with E-state index in [0.29, 0.717) is 23.6 Å². The van der Waals surface area contributed by atoms with Gasteiger partial charge in [-0.3, -0.25) is 19.3 Å². The molecule has 0 fully saturated rings. The van der Waals surface area contributed by atoms with Crippen LogP contribution in [-0.4, -0.2) is 49.5 Å². The number of nitrogens with zero attached hydrogens (tertiary/aromatic N) is 2. The lowest BCUT2D eigenvalue weighted by Gasteiger charge is -2.32. The number of carbonyl (C=O) groups is 3. The van der Waals surface area contributed by atoms with E-state index in [1.54, 1.807) is 36.4 Å². The number of nitrogen functional groups attached to an aromatic ring is 1. The van der Waals surface area contributed by atoms with Gasteiger partial charge in [-0.2, -0.15) is 4.37 Å². The summed E-state index contributed by atoms with van der Waals surface area (Å²) in [6, 6.07) is 12.9. The lowest BCUT2D eigenvalue weighted by atomic mass is 10.0. The Bertz CT molecular complexity index is 1210. The van der Waals surface area contributed by atoms with Gasteiger partial charge in [-0.05, 0) is 47.8 Å². The van der Waals surface area contributed by atoms with Crippen molar-refractivity contribution in [3.8, 4) is 5.75 Å². The van der Waals surface area contributed by atoms with Crippen molar-refractivity contribution in [3.05, 3.63) is 70.2 Å². The van der Waals surface area contributed by atoms with Gasteiger partial charge >= 0.3 is 0 Å². The van der Waals surface area contributed by atoms with Crippen LogP contribution >= 0.6 is 11.5 Å². The van der Waals surface area contributed by atoms with Gasteiger partial charge in [0.15, 0.2) is 5.69 Å². The number of aromatic nitrogens is 1. The number of ether oxygens (including phenoxy) is 2. The minimum atomic E-state index is -1.08. The summed E-state index contributed by atoms with van der Waals surface area (Å²) in [6.45, 7) is 2.36. The fraction of sp³-hybridized carbons (Fsp3) is 0.250. The SMILES string of the molecule is COCCNC(=O)C(c1ccc(OC)cc1)N(C(=O)c1snc(C(N)=O)c1N)c1ccccc1C. The molecule has 1 aromatic heterocycles. The number of rotatable bonds is 10. The summed E-state index contributed by atoms with van der Waals surface area (Å²) in [5, 5.41) is 2.82. The van der Waals surface area contributed by atoms with Crippen molar-refractivity contribution in [2.24, 2.45) is 5.73 Å². The molecule has 10 nitrogen and oxygen atoms in total. The maximum absolute atomic E-state index is 14.0. The first-order valence-corrected chi connectivity index (χ1v) is 11.4. The average molecular weight is 498 g/mol. The standard InChI is InChI=1S/C24H27N5O5S/c1-14-6-4-5-7-17(14)29(24(32)21-18(25)19(22(26)30)28-35-21)20(23(31)27-12-13-33-2)15-8-10-16(34-3)11-9-15/h4-11,20H,12-13,25H2,1-3H3,(H2,26,30)(H,27,31). The molecule has 3 amide bonds. The third kappa shape index (κ3) is 5.58. The van der Waals surface area contributed by atoms with Gasteiger partial charge in [0, 0.05) is 19.3 Å². The number of benzene rings is 2. The number of nitrogens with two attached hydrogens (primary N) is 2. The molecule has 35 heavy (non-hydrogen) atoms. The van der Waals surface area contributed by atoms with Crippen LogP contribution in [0.3, 0.4) is 0 Å². The lowest BCUT2D eigenvalue weighted by Crippen LogP contribution is -2.45. The number of nitrogens with one attached hydrogen (secondary N) is 1. The van der Waals surface area contributed by atoms with Gasteiger partial charge in [-0.25, -0.2) is 0 Å². The third-order valence-corrected chi connectivity index (χ3v) is 6.14. The van der Waals surface area contributed by atoms with E-state index in [0.717, 1.165) is 17.1 Å². The van der Waals surface area contributed by atoms with E-state index >= 15 is 0 Å². The highest BCUT2D eigenvalue weighted by Crippen LogP contribution is 2.35. The molecule has 0 aliphatic carbocycles. The molecule has 3 rings (SSSR count). The van der Waals surface area contributed by atoms with E-state index in [1.807, 2.05) is 19.1 Å². The molecule has 1 heterocycles. The Hall–Kier alpha value is -3.96. The molecule has 3 aromatic rings. The Balaban J connectivity index is 2.19. The molecule has 5 N–H and O–H groups in total. The van der Waals surface area contributed by atoms with Gasteiger partial charge in [0.25, 0.3) is 11.8 Å². The first kappa shape index (κ1) is 25.7. The number of primary amides is 1. The van der Waals surface area contributed by atoms with Crippen LogP contribution in [0, 0.1) is 6.92 Å². The zero-order valence-electron chi connectivity index (χ0n) is 19.6. The number of carbonyl (C=O) groups excluding carboxylic acids is 3. The van der Waals surface area contributed by atoms with Crippen LogP contribution in [0.25, 0.3) is 0 Å². The van der Waals surface area contributed by atoms with Gasteiger partial charge in [0.2, 0.25) is 5.91 Å². The van der Waals surface area contributed by atoms with Crippen LogP contribution in [0.2, 0.25) is 0 Å². The van der Waals surface area contributed by atoms with Gasteiger partial charge in [0.05, 0.1) is 19.4 Å². The van der Waals surface area contributed by atoms with Crippen LogP contribution in [-0.2, 0) is 9.53 Å². The Morgan fingerprint density at radius 1 is 1.11 bits per heavy atom. The van der Waals surface area contributed by atoms with Crippen molar-refractivity contribution in [2.75, 3.05) is 38.0 Å². The first-order chi connectivity index (χ1) is 16.8. The minimum Gasteiger partial charge on any atom is -0.497 e. The molecule has 1 atom stereocenters. The van der Waals surface area contributed by atoms with Crippen molar-refractivity contribution in [1.82, 2.24) is 9.69 Å². The average Bonchev–Trinajstić information content (AvgIpc) is 3.24. The molecule has 0 radical (unpaired) electrons. The maximum Gasteiger partial charge on any atom is 0.273 e.